The van der Waals surface area contributed by atoms with Gasteiger partial charge in [0, 0.05) is 202 Å². The largest absolute Gasteiger partial charge is 0.455 e. The van der Waals surface area contributed by atoms with Crippen molar-refractivity contribution in [1.82, 2.24) is 54.8 Å². The van der Waals surface area contributed by atoms with Gasteiger partial charge in [0.2, 0.25) is 0 Å². The number of para-hydroxylation sites is 6. The van der Waals surface area contributed by atoms with Gasteiger partial charge < -0.3 is 13.3 Å². The number of hydrogen-bond acceptors (Lipinski definition) is 14. The second-order valence-electron chi connectivity index (χ2n) is 35.7. The molecule has 0 radical (unpaired) electrons. The van der Waals surface area contributed by atoms with Crippen LogP contribution in [-0.2, 0) is 0 Å². The molecular formula is C127H73N11O3. The van der Waals surface area contributed by atoms with Gasteiger partial charge in [0.15, 0.2) is 0 Å². The standard InChI is InChI=1S/C43H25N3O.2C42H24N4O/c1-3-9-37-35(8-1)39-36(22-21-34-32-7-2-4-10-38(32)47-43(34)39)40(46-37)30-17-13-27(14-18-30)26-11-15-28(16-12-26)31-23-25-45-42-33(31)20-19-29-6-5-24-44-41(29)42;1-3-9-36-33(8-1)38-34(19-18-32-30-7-2-4-10-37(30)47-42(32)38)39(46-36)27-13-11-25(12-14-27)35-20-16-28(24-45-35)29-21-23-44-41-31(29)17-15-26-6-5-22-43-40(26)41;1-3-9-36-33(8-1)38-34(19-18-32-30-7-2-4-10-37(30)47-42(32)38)39(46-36)27-13-11-25(12-14-27)28-16-20-35(45-24-28)29-21-23-44-41-31(29)17-15-26-6-5-22-43-40(26)41/h1-25H;2*1-24H. The van der Waals surface area contributed by atoms with E-state index in [-0.39, 0.29) is 0 Å². The Kier molecular flexibility index (Phi) is 18.6. The molecule has 16 aromatic carbocycles. The van der Waals surface area contributed by atoms with Crippen LogP contribution in [0.1, 0.15) is 0 Å². The zero-order valence-corrected chi connectivity index (χ0v) is 75.3. The molecule has 0 saturated carbocycles. The monoisotopic (exact) mass is 1800 g/mol. The third-order valence-corrected chi connectivity index (χ3v) is 27.8. The second-order valence-corrected chi connectivity index (χ2v) is 35.7. The summed E-state index contributed by atoms with van der Waals surface area (Å²) in [5.41, 5.74) is 32.4. The number of nitrogens with zero attached hydrogens (tertiary/aromatic N) is 11. The van der Waals surface area contributed by atoms with Crippen molar-refractivity contribution in [2.45, 2.75) is 0 Å². The van der Waals surface area contributed by atoms with Crippen molar-refractivity contribution in [3.05, 3.63) is 444 Å². The third kappa shape index (κ3) is 13.4. The first-order valence-corrected chi connectivity index (χ1v) is 47.0. The molecule has 0 bridgehead atoms. The van der Waals surface area contributed by atoms with Crippen molar-refractivity contribution in [2.75, 3.05) is 0 Å². The highest BCUT2D eigenvalue weighted by atomic mass is 16.3. The van der Waals surface area contributed by atoms with E-state index in [1.807, 2.05) is 135 Å². The van der Waals surface area contributed by atoms with Gasteiger partial charge in [-0.1, -0.05) is 291 Å². The molecule has 0 fully saturated rings. The van der Waals surface area contributed by atoms with Crippen LogP contribution in [0.5, 0.6) is 0 Å². The average molecular weight is 1800 g/mol. The summed E-state index contributed by atoms with van der Waals surface area (Å²) in [6.45, 7) is 0. The average Bonchev–Trinajstić information content (AvgIpc) is 1.61. The van der Waals surface area contributed by atoms with Crippen LogP contribution in [-0.4, -0.2) is 54.8 Å². The summed E-state index contributed by atoms with van der Waals surface area (Å²) in [5.74, 6) is 0. The Morgan fingerprint density at radius 1 is 0.156 bits per heavy atom. The minimum atomic E-state index is 0.887. The van der Waals surface area contributed by atoms with Crippen LogP contribution in [0.2, 0.25) is 0 Å². The lowest BCUT2D eigenvalue weighted by molar-refractivity contribution is 0.672. The Morgan fingerprint density at radius 2 is 0.447 bits per heavy atom. The van der Waals surface area contributed by atoms with Crippen molar-refractivity contribution < 1.29 is 13.3 Å². The van der Waals surface area contributed by atoms with Gasteiger partial charge in [-0.05, 0) is 137 Å². The zero-order valence-electron chi connectivity index (χ0n) is 75.3. The molecule has 0 aliphatic rings. The normalized spacial score (nSPS) is 11.8. The lowest BCUT2D eigenvalue weighted by Crippen LogP contribution is -1.91. The Balaban J connectivity index is 0.000000104. The molecule has 0 spiro atoms. The topological polar surface area (TPSA) is 181 Å². The molecular weight excluding hydrogens is 1730 g/mol. The fourth-order valence-corrected chi connectivity index (χ4v) is 21.0. The molecule has 0 atom stereocenters. The number of rotatable bonds is 9. The van der Waals surface area contributed by atoms with E-state index in [1.165, 1.54) is 0 Å². The molecule has 0 unspecified atom stereocenters. The van der Waals surface area contributed by atoms with Gasteiger partial charge in [0.05, 0.1) is 78.1 Å². The van der Waals surface area contributed by atoms with Crippen LogP contribution in [0, 0.1) is 0 Å². The number of benzene rings is 16. The first kappa shape index (κ1) is 80.2. The molecule has 14 nitrogen and oxygen atoms in total. The number of hydrogen-bond donors (Lipinski definition) is 0. The highest BCUT2D eigenvalue weighted by Crippen LogP contribution is 2.47. The molecule has 14 heteroatoms. The van der Waals surface area contributed by atoms with Crippen LogP contribution < -0.4 is 0 Å². The molecule has 0 amide bonds. The van der Waals surface area contributed by atoms with Gasteiger partial charge in [0.1, 0.15) is 33.5 Å². The number of pyridine rings is 11. The van der Waals surface area contributed by atoms with E-state index in [4.69, 9.17) is 38.2 Å². The van der Waals surface area contributed by atoms with E-state index in [0.717, 1.165) is 297 Å². The maximum atomic E-state index is 6.49. The quantitative estimate of drug-likeness (QED) is 0.124. The summed E-state index contributed by atoms with van der Waals surface area (Å²) in [6, 6.07) is 137. The summed E-state index contributed by atoms with van der Waals surface area (Å²) in [6.07, 6.45) is 14.9. The third-order valence-electron chi connectivity index (χ3n) is 27.8. The zero-order chi connectivity index (χ0) is 92.7. The van der Waals surface area contributed by atoms with Gasteiger partial charge in [-0.2, -0.15) is 0 Å². The molecule has 654 valence electrons. The summed E-state index contributed by atoms with van der Waals surface area (Å²) in [4.78, 5) is 53.0. The predicted octanol–water partition coefficient (Wildman–Crippen LogP) is 32.9. The van der Waals surface area contributed by atoms with E-state index in [1.54, 1.807) is 0 Å². The van der Waals surface area contributed by atoms with Gasteiger partial charge >= 0.3 is 0 Å². The van der Waals surface area contributed by atoms with Gasteiger partial charge in [0.25, 0.3) is 0 Å². The van der Waals surface area contributed by atoms with Crippen LogP contribution in [0.15, 0.2) is 457 Å². The Bertz CT molecular complexity index is 9450. The first-order chi connectivity index (χ1) is 69.9. The fraction of sp³-hybridized carbons (Fsp3) is 0. The Labute approximate surface area is 803 Å². The molecule has 0 aliphatic heterocycles. The van der Waals surface area contributed by atoms with E-state index >= 15 is 0 Å². The Hall–Kier alpha value is -19.3. The van der Waals surface area contributed by atoms with Crippen LogP contribution >= 0.6 is 0 Å². The predicted molar refractivity (Wildman–Crippen MR) is 576 cm³/mol. The lowest BCUT2D eigenvalue weighted by atomic mass is 9.95. The van der Waals surface area contributed by atoms with Crippen molar-refractivity contribution in [1.29, 1.82) is 0 Å². The highest BCUT2D eigenvalue weighted by Gasteiger charge is 2.24. The van der Waals surface area contributed by atoms with Crippen molar-refractivity contribution in [3.63, 3.8) is 0 Å². The molecule has 30 rings (SSSR count). The van der Waals surface area contributed by atoms with Crippen LogP contribution in [0.4, 0.5) is 0 Å². The van der Waals surface area contributed by atoms with Crippen LogP contribution in [0.3, 0.4) is 0 Å². The molecule has 0 saturated heterocycles. The summed E-state index contributed by atoms with van der Waals surface area (Å²) >= 11 is 0. The Morgan fingerprint density at radius 3 is 0.837 bits per heavy atom. The van der Waals surface area contributed by atoms with E-state index in [0.29, 0.717) is 0 Å². The highest BCUT2D eigenvalue weighted by molar-refractivity contribution is 6.28. The number of fused-ring (bicyclic) bond motifs is 30. The van der Waals surface area contributed by atoms with Gasteiger partial charge in [-0.15, -0.1) is 0 Å². The first-order valence-electron chi connectivity index (χ1n) is 47.0. The lowest BCUT2D eigenvalue weighted by Gasteiger charge is -2.12. The maximum Gasteiger partial charge on any atom is 0.144 e. The van der Waals surface area contributed by atoms with Gasteiger partial charge in [-0.3, -0.25) is 39.9 Å². The van der Waals surface area contributed by atoms with E-state index in [9.17, 15) is 0 Å². The smallest absolute Gasteiger partial charge is 0.144 e. The van der Waals surface area contributed by atoms with Gasteiger partial charge in [-0.25, -0.2) is 15.0 Å². The number of furan rings is 3. The molecule has 141 heavy (non-hydrogen) atoms. The van der Waals surface area contributed by atoms with E-state index in [2.05, 4.69) is 339 Å². The maximum absolute atomic E-state index is 6.49. The van der Waals surface area contributed by atoms with E-state index < -0.39 is 0 Å². The second kappa shape index (κ2) is 32.8. The summed E-state index contributed by atoms with van der Waals surface area (Å²) < 4.78 is 19.5. The van der Waals surface area contributed by atoms with Crippen molar-refractivity contribution in [2.24, 2.45) is 0 Å². The van der Waals surface area contributed by atoms with Crippen molar-refractivity contribution >= 4 is 196 Å². The molecule has 0 N–H and O–H groups in total. The number of aromatic nitrogens is 11. The fourth-order valence-electron chi connectivity index (χ4n) is 21.0. The summed E-state index contributed by atoms with van der Waals surface area (Å²) in [7, 11) is 0. The van der Waals surface area contributed by atoms with Crippen LogP contribution in [0.25, 0.3) is 297 Å². The minimum Gasteiger partial charge on any atom is -0.455 e. The SMILES string of the molecule is c1cnc2c(c1)ccc1c(-c3ccc(-c4ccc(-c5nc6ccccc6c6c5ccc5c7ccccc7oc56)cc4)cc3)ccnc12.c1cnc2c(c1)ccc1c(-c3ccc(-c4ccc(-c5nc6ccccc6c6c5ccc5c7ccccc7oc56)cc4)cn3)ccnc12.c1cnc2c(c1)ccc1c(-c3ccc(-c4ccc(-c5nc6ccccc6c6c5ccc5c7ccccc7oc56)cc4)nc3)ccnc12. The minimum absolute atomic E-state index is 0.887. The molecule has 14 aromatic heterocycles. The molecule has 30 aromatic rings. The molecule has 14 heterocycles. The molecule has 0 aliphatic carbocycles. The van der Waals surface area contributed by atoms with Crippen molar-refractivity contribution in [3.8, 4) is 101 Å². The summed E-state index contributed by atoms with van der Waals surface area (Å²) in [5, 5.41) is 23.0.